The van der Waals surface area contributed by atoms with Crippen LogP contribution in [0.5, 0.6) is 0 Å². The molecule has 0 aliphatic carbocycles. The molecule has 0 bridgehead atoms. The predicted octanol–water partition coefficient (Wildman–Crippen LogP) is 2.60. The van der Waals surface area contributed by atoms with Gasteiger partial charge in [-0.1, -0.05) is 24.1 Å². The van der Waals surface area contributed by atoms with Crippen LogP contribution in [0.1, 0.15) is 32.9 Å². The maximum atomic E-state index is 12.7. The van der Waals surface area contributed by atoms with Crippen LogP contribution in [0.3, 0.4) is 0 Å². The summed E-state index contributed by atoms with van der Waals surface area (Å²) in [6, 6.07) is 10.5. The lowest BCUT2D eigenvalue weighted by Crippen LogP contribution is -2.41. The third-order valence-corrected chi connectivity index (χ3v) is 5.52. The number of hydrogen-bond donors (Lipinski definition) is 2. The van der Waals surface area contributed by atoms with Gasteiger partial charge in [0.15, 0.2) is 0 Å². The lowest BCUT2D eigenvalue weighted by atomic mass is 9.95. The van der Waals surface area contributed by atoms with Crippen LogP contribution in [0, 0.1) is 18.3 Å². The minimum Gasteiger partial charge on any atom is -0.341 e. The van der Waals surface area contributed by atoms with Crippen LogP contribution in [-0.2, 0) is 4.79 Å². The second kappa shape index (κ2) is 9.20. The van der Waals surface area contributed by atoms with Crippen molar-refractivity contribution in [3.63, 3.8) is 0 Å². The number of thiophene rings is 1. The predicted molar refractivity (Wildman–Crippen MR) is 109 cm³/mol. The van der Waals surface area contributed by atoms with E-state index in [0.29, 0.717) is 37.2 Å². The van der Waals surface area contributed by atoms with Crippen LogP contribution in [0.2, 0.25) is 0 Å². The summed E-state index contributed by atoms with van der Waals surface area (Å²) in [6.07, 6.45) is 6.36. The van der Waals surface area contributed by atoms with Gasteiger partial charge in [-0.25, -0.2) is 0 Å². The summed E-state index contributed by atoms with van der Waals surface area (Å²) in [4.78, 5) is 39.8. The normalized spacial score (nSPS) is 14.2. The number of hydrogen-bond acceptors (Lipinski definition) is 4. The van der Waals surface area contributed by atoms with Crippen LogP contribution < -0.4 is 10.6 Å². The summed E-state index contributed by atoms with van der Waals surface area (Å²) < 4.78 is 0. The van der Waals surface area contributed by atoms with E-state index in [0.717, 1.165) is 4.88 Å². The average molecular weight is 395 g/mol. The maximum absolute atomic E-state index is 12.7. The molecule has 1 aromatic heterocycles. The van der Waals surface area contributed by atoms with E-state index in [1.165, 1.54) is 11.3 Å². The number of rotatable bonds is 5. The molecule has 1 aromatic carbocycles. The number of nitrogens with zero attached hydrogens (tertiary/aromatic N) is 1. The highest BCUT2D eigenvalue weighted by Crippen LogP contribution is 2.23. The van der Waals surface area contributed by atoms with E-state index in [4.69, 9.17) is 6.42 Å². The summed E-state index contributed by atoms with van der Waals surface area (Å²) in [5.41, 5.74) is 0.829. The summed E-state index contributed by atoms with van der Waals surface area (Å²) in [5.74, 6) is 1.70. The molecule has 3 amide bonds. The molecule has 2 N–H and O–H groups in total. The van der Waals surface area contributed by atoms with E-state index in [9.17, 15) is 14.4 Å². The van der Waals surface area contributed by atoms with Crippen molar-refractivity contribution in [2.24, 2.45) is 5.92 Å². The van der Waals surface area contributed by atoms with Gasteiger partial charge in [-0.3, -0.25) is 14.4 Å². The molecule has 1 aliphatic heterocycles. The quantitative estimate of drug-likeness (QED) is 0.764. The van der Waals surface area contributed by atoms with Crippen LogP contribution in [-0.4, -0.2) is 42.3 Å². The van der Waals surface area contributed by atoms with Crippen molar-refractivity contribution in [1.82, 2.24) is 10.2 Å². The summed E-state index contributed by atoms with van der Waals surface area (Å²) in [6.45, 7) is 1.20. The van der Waals surface area contributed by atoms with Gasteiger partial charge in [0.2, 0.25) is 5.91 Å². The lowest BCUT2D eigenvalue weighted by Gasteiger charge is -2.31. The fourth-order valence-electron chi connectivity index (χ4n) is 3.15. The molecular formula is C21H21N3O3S. The number of carbonyl (C=O) groups excluding carboxylic acids is 3. The van der Waals surface area contributed by atoms with E-state index < -0.39 is 0 Å². The summed E-state index contributed by atoms with van der Waals surface area (Å²) in [7, 11) is 0. The first-order valence-corrected chi connectivity index (χ1v) is 9.92. The van der Waals surface area contributed by atoms with Gasteiger partial charge in [-0.2, -0.15) is 0 Å². The molecular weight excluding hydrogens is 374 g/mol. The van der Waals surface area contributed by atoms with Gasteiger partial charge >= 0.3 is 0 Å². The zero-order chi connectivity index (χ0) is 19.9. The van der Waals surface area contributed by atoms with E-state index in [-0.39, 0.29) is 30.2 Å². The Morgan fingerprint density at radius 1 is 1.14 bits per heavy atom. The van der Waals surface area contributed by atoms with Crippen molar-refractivity contribution < 1.29 is 14.4 Å². The Labute approximate surface area is 167 Å². The van der Waals surface area contributed by atoms with Gasteiger partial charge in [0, 0.05) is 19.0 Å². The fraction of sp³-hybridized carbons (Fsp3) is 0.286. The molecule has 6 nitrogen and oxygen atoms in total. The number of anilines is 1. The van der Waals surface area contributed by atoms with Crippen LogP contribution in [0.25, 0.3) is 0 Å². The molecule has 0 unspecified atom stereocenters. The number of terminal acetylenes is 1. The summed E-state index contributed by atoms with van der Waals surface area (Å²) >= 11 is 1.42. The van der Waals surface area contributed by atoms with Gasteiger partial charge in [0.1, 0.15) is 0 Å². The molecule has 0 radical (unpaired) electrons. The first kappa shape index (κ1) is 19.6. The number of amides is 3. The van der Waals surface area contributed by atoms with Gasteiger partial charge in [-0.05, 0) is 36.4 Å². The second-order valence-electron chi connectivity index (χ2n) is 6.47. The molecule has 3 rings (SSSR count). The molecule has 1 saturated heterocycles. The van der Waals surface area contributed by atoms with E-state index in [2.05, 4.69) is 16.6 Å². The average Bonchev–Trinajstić information content (AvgIpc) is 3.27. The molecule has 0 atom stereocenters. The largest absolute Gasteiger partial charge is 0.341 e. The molecule has 2 heterocycles. The number of likely N-dealkylation sites (tertiary alicyclic amines) is 1. The van der Waals surface area contributed by atoms with E-state index in [1.807, 2.05) is 17.5 Å². The Morgan fingerprint density at radius 2 is 1.89 bits per heavy atom. The Kier molecular flexibility index (Phi) is 6.45. The first-order chi connectivity index (χ1) is 13.6. The minimum atomic E-state index is -0.329. The molecule has 7 heteroatoms. The molecule has 1 aliphatic rings. The highest BCUT2D eigenvalue weighted by Gasteiger charge is 2.28. The third-order valence-electron chi connectivity index (χ3n) is 4.67. The van der Waals surface area contributed by atoms with Crippen molar-refractivity contribution in [3.05, 3.63) is 52.2 Å². The Hall–Kier alpha value is -3.11. The Bertz CT molecular complexity index is 894. The number of carbonyl (C=O) groups is 3. The SMILES string of the molecule is C#CCNC(=O)c1ccccc1NC(=O)C1CCN(C(=O)c2cccs2)CC1. The standard InChI is InChI=1S/C21H21N3O3S/c1-2-11-22-20(26)16-6-3-4-7-17(16)23-19(25)15-9-12-24(13-10-15)21(27)18-8-5-14-28-18/h1,3-8,14-15H,9-13H2,(H,22,26)(H,23,25). The Morgan fingerprint density at radius 3 is 2.57 bits per heavy atom. The van der Waals surface area contributed by atoms with Crippen molar-refractivity contribution >= 4 is 34.7 Å². The number of benzene rings is 1. The van der Waals surface area contributed by atoms with E-state index in [1.54, 1.807) is 29.2 Å². The van der Waals surface area contributed by atoms with Crippen molar-refractivity contribution in [2.45, 2.75) is 12.8 Å². The zero-order valence-corrected chi connectivity index (χ0v) is 16.1. The topological polar surface area (TPSA) is 78.5 Å². The van der Waals surface area contributed by atoms with Crippen molar-refractivity contribution in [1.29, 1.82) is 0 Å². The highest BCUT2D eigenvalue weighted by atomic mass is 32.1. The molecule has 2 aromatic rings. The van der Waals surface area contributed by atoms with Gasteiger partial charge in [-0.15, -0.1) is 17.8 Å². The smallest absolute Gasteiger partial charge is 0.263 e. The lowest BCUT2D eigenvalue weighted by molar-refractivity contribution is -0.121. The van der Waals surface area contributed by atoms with E-state index >= 15 is 0 Å². The number of piperidine rings is 1. The monoisotopic (exact) mass is 395 g/mol. The fourth-order valence-corrected chi connectivity index (χ4v) is 3.84. The summed E-state index contributed by atoms with van der Waals surface area (Å²) in [5, 5.41) is 7.34. The number of para-hydroxylation sites is 1. The van der Waals surface area contributed by atoms with Crippen molar-refractivity contribution in [3.8, 4) is 12.3 Å². The first-order valence-electron chi connectivity index (χ1n) is 9.04. The molecule has 0 spiro atoms. The minimum absolute atomic E-state index is 0.0180. The number of nitrogens with one attached hydrogen (secondary N) is 2. The second-order valence-corrected chi connectivity index (χ2v) is 7.41. The molecule has 1 fully saturated rings. The zero-order valence-electron chi connectivity index (χ0n) is 15.3. The van der Waals surface area contributed by atoms with Gasteiger partial charge in [0.05, 0.1) is 22.7 Å². The van der Waals surface area contributed by atoms with Gasteiger partial charge in [0.25, 0.3) is 11.8 Å². The van der Waals surface area contributed by atoms with Crippen LogP contribution >= 0.6 is 11.3 Å². The molecule has 144 valence electrons. The third kappa shape index (κ3) is 4.59. The molecule has 0 saturated carbocycles. The van der Waals surface area contributed by atoms with Crippen LogP contribution in [0.4, 0.5) is 5.69 Å². The Balaban J connectivity index is 1.59. The maximum Gasteiger partial charge on any atom is 0.263 e. The molecule has 28 heavy (non-hydrogen) atoms. The van der Waals surface area contributed by atoms with Crippen molar-refractivity contribution in [2.75, 3.05) is 25.0 Å². The van der Waals surface area contributed by atoms with Gasteiger partial charge < -0.3 is 15.5 Å². The van der Waals surface area contributed by atoms with Crippen LogP contribution in [0.15, 0.2) is 41.8 Å². The highest BCUT2D eigenvalue weighted by molar-refractivity contribution is 7.12.